The van der Waals surface area contributed by atoms with Crippen LogP contribution in [-0.4, -0.2) is 23.3 Å². The first kappa shape index (κ1) is 11.7. The van der Waals surface area contributed by atoms with Crippen LogP contribution in [0, 0.1) is 5.82 Å². The molecule has 0 saturated carbocycles. The third kappa shape index (κ3) is 3.08. The van der Waals surface area contributed by atoms with Crippen LogP contribution in [0.4, 0.5) is 4.39 Å². The number of halogens is 1. The number of benzene rings is 1. The molecule has 2 aromatic rings. The molecule has 0 bridgehead atoms. The first-order valence-corrected chi connectivity index (χ1v) is 5.16. The predicted octanol–water partition coefficient (Wildman–Crippen LogP) is 1.35. The summed E-state index contributed by atoms with van der Waals surface area (Å²) in [5.41, 5.74) is 5.97. The zero-order chi connectivity index (χ0) is 12.1. The van der Waals surface area contributed by atoms with Crippen molar-refractivity contribution >= 4 is 0 Å². The minimum Gasteiger partial charge on any atom is -0.370 e. The molecule has 0 spiro atoms. The van der Waals surface area contributed by atoms with E-state index in [4.69, 9.17) is 15.0 Å². The summed E-state index contributed by atoms with van der Waals surface area (Å²) in [5.74, 6) is 0.484. The third-order valence-electron chi connectivity index (χ3n) is 2.06. The van der Waals surface area contributed by atoms with Gasteiger partial charge in [0.15, 0.2) is 0 Å². The van der Waals surface area contributed by atoms with Crippen molar-refractivity contribution in [3.05, 3.63) is 36.0 Å². The van der Waals surface area contributed by atoms with Gasteiger partial charge in [0, 0.05) is 12.1 Å². The van der Waals surface area contributed by atoms with Crippen molar-refractivity contribution in [1.82, 2.24) is 10.1 Å². The van der Waals surface area contributed by atoms with Crippen LogP contribution < -0.4 is 5.73 Å². The Hall–Kier alpha value is -1.79. The highest BCUT2D eigenvalue weighted by Crippen LogP contribution is 2.16. The second-order valence-electron chi connectivity index (χ2n) is 3.36. The molecule has 17 heavy (non-hydrogen) atoms. The fourth-order valence-corrected chi connectivity index (χ4v) is 1.27. The van der Waals surface area contributed by atoms with E-state index in [-0.39, 0.29) is 12.4 Å². The second kappa shape index (κ2) is 5.51. The smallest absolute Gasteiger partial charge is 0.252 e. The molecule has 0 radical (unpaired) electrons. The van der Waals surface area contributed by atoms with E-state index < -0.39 is 0 Å². The molecule has 90 valence electrons. The minimum atomic E-state index is -0.302. The molecule has 6 heteroatoms. The first-order chi connectivity index (χ1) is 8.29. The van der Waals surface area contributed by atoms with E-state index in [0.29, 0.717) is 30.4 Å². The van der Waals surface area contributed by atoms with Crippen molar-refractivity contribution in [1.29, 1.82) is 0 Å². The van der Waals surface area contributed by atoms with Crippen molar-refractivity contribution in [3.63, 3.8) is 0 Å². The zero-order valence-corrected chi connectivity index (χ0v) is 9.10. The Balaban J connectivity index is 2.04. The topological polar surface area (TPSA) is 74.2 Å². The number of nitrogens with zero attached hydrogens (tertiary/aromatic N) is 2. The van der Waals surface area contributed by atoms with Crippen molar-refractivity contribution in [2.45, 2.75) is 6.61 Å². The summed E-state index contributed by atoms with van der Waals surface area (Å²) in [6, 6.07) is 5.86. The molecule has 0 unspecified atom stereocenters. The molecule has 1 heterocycles. The molecule has 0 fully saturated rings. The summed E-state index contributed by atoms with van der Waals surface area (Å²) in [6.45, 7) is 1.11. The van der Waals surface area contributed by atoms with Crippen molar-refractivity contribution in [3.8, 4) is 11.4 Å². The second-order valence-corrected chi connectivity index (χ2v) is 3.36. The monoisotopic (exact) mass is 237 g/mol. The number of hydrogen-bond donors (Lipinski definition) is 1. The van der Waals surface area contributed by atoms with Gasteiger partial charge in [-0.15, -0.1) is 0 Å². The molecule has 2 rings (SSSR count). The Morgan fingerprint density at radius 2 is 2.06 bits per heavy atom. The highest BCUT2D eigenvalue weighted by atomic mass is 19.1. The predicted molar refractivity (Wildman–Crippen MR) is 58.4 cm³/mol. The van der Waals surface area contributed by atoms with E-state index in [1.54, 1.807) is 12.1 Å². The van der Waals surface area contributed by atoms with E-state index in [1.165, 1.54) is 12.1 Å². The lowest BCUT2D eigenvalue weighted by molar-refractivity contribution is 0.104. The quantitative estimate of drug-likeness (QED) is 0.794. The molecule has 0 amide bonds. The van der Waals surface area contributed by atoms with Crippen LogP contribution in [0.1, 0.15) is 5.89 Å². The summed E-state index contributed by atoms with van der Waals surface area (Å²) in [4.78, 5) is 4.12. The van der Waals surface area contributed by atoms with Gasteiger partial charge >= 0.3 is 0 Å². The van der Waals surface area contributed by atoms with E-state index in [2.05, 4.69) is 10.1 Å². The molecular formula is C11H12FN3O2. The Morgan fingerprint density at radius 3 is 2.76 bits per heavy atom. The van der Waals surface area contributed by atoms with Gasteiger partial charge in [-0.3, -0.25) is 0 Å². The molecule has 0 atom stereocenters. The average molecular weight is 237 g/mol. The molecular weight excluding hydrogens is 225 g/mol. The van der Waals surface area contributed by atoms with E-state index in [0.717, 1.165) is 0 Å². The van der Waals surface area contributed by atoms with Gasteiger partial charge in [0.25, 0.3) is 5.89 Å². The van der Waals surface area contributed by atoms with Crippen LogP contribution in [0.15, 0.2) is 28.8 Å². The summed E-state index contributed by atoms with van der Waals surface area (Å²) in [7, 11) is 0. The Morgan fingerprint density at radius 1 is 1.29 bits per heavy atom. The number of ether oxygens (including phenoxy) is 1. The van der Waals surface area contributed by atoms with Crippen molar-refractivity contribution in [2.24, 2.45) is 5.73 Å². The Kier molecular flexibility index (Phi) is 3.79. The zero-order valence-electron chi connectivity index (χ0n) is 9.10. The van der Waals surface area contributed by atoms with Crippen LogP contribution in [0.2, 0.25) is 0 Å². The fraction of sp³-hybridized carbons (Fsp3) is 0.273. The van der Waals surface area contributed by atoms with E-state index in [1.807, 2.05) is 0 Å². The van der Waals surface area contributed by atoms with Gasteiger partial charge in [-0.05, 0) is 24.3 Å². The number of aromatic nitrogens is 2. The maximum Gasteiger partial charge on any atom is 0.252 e. The number of hydrogen-bond acceptors (Lipinski definition) is 5. The maximum absolute atomic E-state index is 12.7. The van der Waals surface area contributed by atoms with Gasteiger partial charge in [0.2, 0.25) is 5.82 Å². The van der Waals surface area contributed by atoms with Gasteiger partial charge in [-0.2, -0.15) is 4.98 Å². The molecule has 0 aliphatic carbocycles. The standard InChI is InChI=1S/C11H12FN3O2/c12-9-3-1-8(2-4-9)11-14-10(17-15-11)7-16-6-5-13/h1-4H,5-7,13H2. The van der Waals surface area contributed by atoms with Crippen LogP contribution in [-0.2, 0) is 11.3 Å². The van der Waals surface area contributed by atoms with Crippen LogP contribution >= 0.6 is 0 Å². The normalized spacial score (nSPS) is 10.7. The average Bonchev–Trinajstić information content (AvgIpc) is 2.79. The molecule has 1 aromatic carbocycles. The summed E-state index contributed by atoms with van der Waals surface area (Å²) in [5, 5.41) is 3.78. The molecule has 2 N–H and O–H groups in total. The molecule has 1 aromatic heterocycles. The van der Waals surface area contributed by atoms with E-state index >= 15 is 0 Å². The first-order valence-electron chi connectivity index (χ1n) is 5.16. The molecule has 0 saturated heterocycles. The lowest BCUT2D eigenvalue weighted by Crippen LogP contribution is -2.08. The maximum atomic E-state index is 12.7. The highest BCUT2D eigenvalue weighted by molar-refractivity contribution is 5.53. The lowest BCUT2D eigenvalue weighted by Gasteiger charge is -1.95. The SMILES string of the molecule is NCCOCc1nc(-c2ccc(F)cc2)no1. The van der Waals surface area contributed by atoms with Gasteiger partial charge in [-0.1, -0.05) is 5.16 Å². The number of nitrogens with two attached hydrogens (primary N) is 1. The number of rotatable bonds is 5. The third-order valence-corrected chi connectivity index (χ3v) is 2.06. The molecule has 0 aliphatic rings. The van der Waals surface area contributed by atoms with Crippen molar-refractivity contribution in [2.75, 3.05) is 13.2 Å². The summed E-state index contributed by atoms with van der Waals surface area (Å²) < 4.78 is 22.8. The van der Waals surface area contributed by atoms with Gasteiger partial charge in [0.1, 0.15) is 12.4 Å². The summed E-state index contributed by atoms with van der Waals surface area (Å²) in [6.07, 6.45) is 0. The Bertz CT molecular complexity index is 470. The molecule has 5 nitrogen and oxygen atoms in total. The van der Waals surface area contributed by atoms with Gasteiger partial charge in [0.05, 0.1) is 6.61 Å². The van der Waals surface area contributed by atoms with Gasteiger partial charge < -0.3 is 15.0 Å². The largest absolute Gasteiger partial charge is 0.370 e. The van der Waals surface area contributed by atoms with Crippen molar-refractivity contribution < 1.29 is 13.7 Å². The molecule has 0 aliphatic heterocycles. The lowest BCUT2D eigenvalue weighted by atomic mass is 10.2. The van der Waals surface area contributed by atoms with E-state index in [9.17, 15) is 4.39 Å². The van der Waals surface area contributed by atoms with Gasteiger partial charge in [-0.25, -0.2) is 4.39 Å². The van der Waals surface area contributed by atoms with Crippen LogP contribution in [0.5, 0.6) is 0 Å². The van der Waals surface area contributed by atoms with Crippen LogP contribution in [0.3, 0.4) is 0 Å². The summed E-state index contributed by atoms with van der Waals surface area (Å²) >= 11 is 0. The minimum absolute atomic E-state index is 0.228. The van der Waals surface area contributed by atoms with Crippen LogP contribution in [0.25, 0.3) is 11.4 Å². The highest BCUT2D eigenvalue weighted by Gasteiger charge is 2.08. The Labute approximate surface area is 97.4 Å². The fourth-order valence-electron chi connectivity index (χ4n) is 1.27.